The molecule has 2 amide bonds. The van der Waals surface area contributed by atoms with Crippen LogP contribution in [0.25, 0.3) is 0 Å². The summed E-state index contributed by atoms with van der Waals surface area (Å²) < 4.78 is 49.1. The van der Waals surface area contributed by atoms with E-state index in [1.165, 1.54) is 43.8 Å². The number of hydrogen-bond acceptors (Lipinski definition) is 9. The maximum Gasteiger partial charge on any atom is 0.416 e. The number of rotatable bonds is 7. The third-order valence-electron chi connectivity index (χ3n) is 4.94. The second-order valence-electron chi connectivity index (χ2n) is 7.59. The number of alkyl halides is 3. The molecule has 3 N–H and O–H groups in total. The second-order valence-corrected chi connectivity index (χ2v) is 7.59. The van der Waals surface area contributed by atoms with Crippen molar-refractivity contribution in [3.8, 4) is 0 Å². The Labute approximate surface area is 201 Å². The van der Waals surface area contributed by atoms with Gasteiger partial charge in [0.05, 0.1) is 11.6 Å². The SMILES string of the molecule is Cc1ccc(NC(=O)c2cc([C@@H](C)NC(=O)c3cc(Nc4ccon4)ncn3)no2)cc1C(F)(F)F. The van der Waals surface area contributed by atoms with Gasteiger partial charge in [-0.2, -0.15) is 13.2 Å². The normalized spacial score (nSPS) is 12.1. The van der Waals surface area contributed by atoms with Gasteiger partial charge < -0.3 is 25.0 Å². The molecule has 3 aromatic heterocycles. The summed E-state index contributed by atoms with van der Waals surface area (Å²) in [5.74, 6) is -0.907. The Balaban J connectivity index is 1.40. The number of amides is 2. The molecule has 4 aromatic rings. The molecule has 186 valence electrons. The number of carbonyl (C=O) groups is 2. The van der Waals surface area contributed by atoms with Gasteiger partial charge in [-0.1, -0.05) is 16.4 Å². The minimum Gasteiger partial charge on any atom is -0.363 e. The predicted molar refractivity (Wildman–Crippen MR) is 118 cm³/mol. The lowest BCUT2D eigenvalue weighted by molar-refractivity contribution is -0.138. The molecule has 0 aliphatic heterocycles. The third-order valence-corrected chi connectivity index (χ3v) is 4.94. The molecule has 0 radical (unpaired) electrons. The molecule has 1 aromatic carbocycles. The van der Waals surface area contributed by atoms with Crippen LogP contribution in [0.4, 0.5) is 30.5 Å². The van der Waals surface area contributed by atoms with Gasteiger partial charge >= 0.3 is 6.18 Å². The average molecular weight is 501 g/mol. The molecule has 0 spiro atoms. The summed E-state index contributed by atoms with van der Waals surface area (Å²) in [5, 5.41) is 15.3. The fraction of sp³-hybridized carbons (Fsp3) is 0.182. The lowest BCUT2D eigenvalue weighted by Gasteiger charge is -2.12. The first-order chi connectivity index (χ1) is 17.1. The van der Waals surface area contributed by atoms with E-state index in [4.69, 9.17) is 9.05 Å². The van der Waals surface area contributed by atoms with Crippen LogP contribution in [0.15, 0.2) is 58.0 Å². The first kappa shape index (κ1) is 24.4. The Morgan fingerprint density at radius 1 is 1.00 bits per heavy atom. The van der Waals surface area contributed by atoms with Crippen molar-refractivity contribution in [1.29, 1.82) is 0 Å². The van der Waals surface area contributed by atoms with Crippen molar-refractivity contribution in [3.05, 3.63) is 77.3 Å². The summed E-state index contributed by atoms with van der Waals surface area (Å²) in [6.07, 6.45) is -2.00. The molecular formula is C22H18F3N7O4. The Morgan fingerprint density at radius 2 is 1.81 bits per heavy atom. The number of carbonyl (C=O) groups excluding carboxylic acids is 2. The number of aryl methyl sites for hydroxylation is 1. The van der Waals surface area contributed by atoms with Gasteiger partial charge in [0.25, 0.3) is 11.8 Å². The van der Waals surface area contributed by atoms with E-state index in [-0.39, 0.29) is 28.4 Å². The van der Waals surface area contributed by atoms with Gasteiger partial charge in [0.15, 0.2) is 5.82 Å². The molecule has 0 fully saturated rings. The lowest BCUT2D eigenvalue weighted by atomic mass is 10.1. The number of nitrogens with zero attached hydrogens (tertiary/aromatic N) is 4. The number of anilines is 3. The number of hydrogen-bond donors (Lipinski definition) is 3. The van der Waals surface area contributed by atoms with E-state index in [0.29, 0.717) is 11.6 Å². The Morgan fingerprint density at radius 3 is 2.53 bits per heavy atom. The van der Waals surface area contributed by atoms with Gasteiger partial charge in [0.2, 0.25) is 5.76 Å². The zero-order chi connectivity index (χ0) is 25.9. The molecular weight excluding hydrogens is 483 g/mol. The van der Waals surface area contributed by atoms with Gasteiger partial charge in [-0.25, -0.2) is 9.97 Å². The first-order valence-corrected chi connectivity index (χ1v) is 10.4. The predicted octanol–water partition coefficient (Wildman–Crippen LogP) is 4.27. The van der Waals surface area contributed by atoms with Crippen LogP contribution in [-0.4, -0.2) is 32.1 Å². The van der Waals surface area contributed by atoms with Gasteiger partial charge in [0, 0.05) is 23.9 Å². The number of benzene rings is 1. The zero-order valence-corrected chi connectivity index (χ0v) is 18.8. The molecule has 0 aliphatic carbocycles. The van der Waals surface area contributed by atoms with Crippen LogP contribution in [0.1, 0.15) is 50.8 Å². The maximum atomic E-state index is 13.1. The van der Waals surface area contributed by atoms with E-state index in [9.17, 15) is 22.8 Å². The van der Waals surface area contributed by atoms with Crippen molar-refractivity contribution in [2.24, 2.45) is 0 Å². The van der Waals surface area contributed by atoms with Crippen molar-refractivity contribution in [3.63, 3.8) is 0 Å². The number of halogens is 3. The van der Waals surface area contributed by atoms with Crippen LogP contribution in [-0.2, 0) is 6.18 Å². The second kappa shape index (κ2) is 9.85. The summed E-state index contributed by atoms with van der Waals surface area (Å²) in [6, 6.07) is 6.97. The van der Waals surface area contributed by atoms with Gasteiger partial charge in [0.1, 0.15) is 29.8 Å². The van der Waals surface area contributed by atoms with Crippen LogP contribution >= 0.6 is 0 Å². The molecule has 0 bridgehead atoms. The minimum atomic E-state index is -4.56. The minimum absolute atomic E-state index is 0.0248. The monoisotopic (exact) mass is 501 g/mol. The molecule has 4 rings (SSSR count). The van der Waals surface area contributed by atoms with Crippen LogP contribution in [0.5, 0.6) is 0 Å². The van der Waals surface area contributed by atoms with E-state index >= 15 is 0 Å². The van der Waals surface area contributed by atoms with Gasteiger partial charge in [-0.3, -0.25) is 9.59 Å². The molecule has 0 unspecified atom stereocenters. The smallest absolute Gasteiger partial charge is 0.363 e. The summed E-state index contributed by atoms with van der Waals surface area (Å²) in [6.45, 7) is 2.92. The van der Waals surface area contributed by atoms with E-state index < -0.39 is 29.6 Å². The van der Waals surface area contributed by atoms with E-state index in [1.54, 1.807) is 13.0 Å². The summed E-state index contributed by atoms with van der Waals surface area (Å²) in [7, 11) is 0. The standard InChI is InChI=1S/C22H18F3N7O4/c1-11-3-4-13(7-14(11)22(23,24)25)29-21(34)17-8-15(31-36-17)12(2)28-20(33)16-9-19(27-10-26-16)30-18-5-6-35-32-18/h3-10,12H,1-2H3,(H,28,33)(H,29,34)(H,26,27,30,32)/t12-/m1/s1. The van der Waals surface area contributed by atoms with Crippen molar-refractivity contribution in [2.45, 2.75) is 26.1 Å². The maximum absolute atomic E-state index is 13.1. The largest absolute Gasteiger partial charge is 0.416 e. The quantitative estimate of drug-likeness (QED) is 0.338. The van der Waals surface area contributed by atoms with Crippen molar-refractivity contribution >= 4 is 29.1 Å². The molecule has 11 nitrogen and oxygen atoms in total. The van der Waals surface area contributed by atoms with Crippen molar-refractivity contribution in [2.75, 3.05) is 10.6 Å². The van der Waals surface area contributed by atoms with Crippen LogP contribution < -0.4 is 16.0 Å². The van der Waals surface area contributed by atoms with E-state index in [2.05, 4.69) is 36.2 Å². The van der Waals surface area contributed by atoms with Crippen LogP contribution in [0.2, 0.25) is 0 Å². The van der Waals surface area contributed by atoms with Gasteiger partial charge in [-0.15, -0.1) is 0 Å². The first-order valence-electron chi connectivity index (χ1n) is 10.4. The van der Waals surface area contributed by atoms with Crippen LogP contribution in [0, 0.1) is 6.92 Å². The number of aromatic nitrogens is 4. The average Bonchev–Trinajstić information content (AvgIpc) is 3.52. The molecule has 3 heterocycles. The van der Waals surface area contributed by atoms with E-state index in [0.717, 1.165) is 6.07 Å². The van der Waals surface area contributed by atoms with Crippen molar-refractivity contribution < 1.29 is 31.8 Å². The fourth-order valence-corrected chi connectivity index (χ4v) is 3.10. The molecule has 1 atom stereocenters. The van der Waals surface area contributed by atoms with Gasteiger partial charge in [-0.05, 0) is 31.5 Å². The highest BCUT2D eigenvalue weighted by Gasteiger charge is 2.32. The van der Waals surface area contributed by atoms with Crippen molar-refractivity contribution in [1.82, 2.24) is 25.6 Å². The summed E-state index contributed by atoms with van der Waals surface area (Å²) in [5.41, 5.74) is -0.640. The number of nitrogens with one attached hydrogen (secondary N) is 3. The highest BCUT2D eigenvalue weighted by Crippen LogP contribution is 2.33. The Hall–Kier alpha value is -4.75. The Kier molecular flexibility index (Phi) is 6.67. The highest BCUT2D eigenvalue weighted by atomic mass is 19.4. The third kappa shape index (κ3) is 5.65. The molecule has 0 saturated heterocycles. The fourth-order valence-electron chi connectivity index (χ4n) is 3.10. The topological polar surface area (TPSA) is 148 Å². The molecule has 36 heavy (non-hydrogen) atoms. The highest BCUT2D eigenvalue weighted by molar-refractivity contribution is 6.02. The molecule has 14 heteroatoms. The molecule has 0 saturated carbocycles. The van der Waals surface area contributed by atoms with E-state index in [1.807, 2.05) is 0 Å². The Bertz CT molecular complexity index is 1390. The van der Waals surface area contributed by atoms with Crippen LogP contribution in [0.3, 0.4) is 0 Å². The summed E-state index contributed by atoms with van der Waals surface area (Å²) in [4.78, 5) is 33.0. The molecule has 0 aliphatic rings. The lowest BCUT2D eigenvalue weighted by Crippen LogP contribution is -2.27. The zero-order valence-electron chi connectivity index (χ0n) is 18.8. The summed E-state index contributed by atoms with van der Waals surface area (Å²) >= 11 is 0.